The van der Waals surface area contributed by atoms with Crippen molar-refractivity contribution in [3.8, 4) is 0 Å². The van der Waals surface area contributed by atoms with Gasteiger partial charge in [-0.3, -0.25) is 39.0 Å². The zero-order valence-corrected chi connectivity index (χ0v) is 20.5. The Balaban J connectivity index is 1.39. The number of anilines is 1. The van der Waals surface area contributed by atoms with E-state index in [-0.39, 0.29) is 42.3 Å². The first-order valence-electron chi connectivity index (χ1n) is 12.4. The molecule has 36 heavy (non-hydrogen) atoms. The third-order valence-electron chi connectivity index (χ3n) is 6.18. The maximum Gasteiger partial charge on any atom is 0.264 e. The first-order valence-corrected chi connectivity index (χ1v) is 12.4. The lowest BCUT2D eigenvalue weighted by molar-refractivity contribution is -0.136. The van der Waals surface area contributed by atoms with Gasteiger partial charge in [0.15, 0.2) is 0 Å². The third-order valence-corrected chi connectivity index (χ3v) is 6.18. The van der Waals surface area contributed by atoms with E-state index >= 15 is 0 Å². The van der Waals surface area contributed by atoms with E-state index in [4.69, 9.17) is 0 Å². The van der Waals surface area contributed by atoms with Crippen LogP contribution in [0.15, 0.2) is 18.2 Å². The van der Waals surface area contributed by atoms with E-state index in [0.717, 1.165) is 37.0 Å². The second kappa shape index (κ2) is 12.8. The first kappa shape index (κ1) is 26.8. The molecule has 0 saturated carbocycles. The highest BCUT2D eigenvalue weighted by molar-refractivity contribution is 6.25. The van der Waals surface area contributed by atoms with Crippen molar-refractivity contribution in [1.82, 2.24) is 20.9 Å². The molecule has 0 aromatic heterocycles. The van der Waals surface area contributed by atoms with Crippen LogP contribution in [0.4, 0.5) is 5.69 Å². The summed E-state index contributed by atoms with van der Waals surface area (Å²) in [7, 11) is 0. The van der Waals surface area contributed by atoms with Gasteiger partial charge in [0.1, 0.15) is 6.04 Å². The molecular weight excluding hydrogens is 466 g/mol. The van der Waals surface area contributed by atoms with Gasteiger partial charge in [0.2, 0.25) is 23.6 Å². The largest absolute Gasteiger partial charge is 0.384 e. The lowest BCUT2D eigenvalue weighted by Gasteiger charge is -2.27. The minimum Gasteiger partial charge on any atom is -0.384 e. The van der Waals surface area contributed by atoms with E-state index in [1.165, 1.54) is 0 Å². The number of benzene rings is 1. The van der Waals surface area contributed by atoms with Crippen LogP contribution in [0.5, 0.6) is 0 Å². The predicted molar refractivity (Wildman–Crippen MR) is 131 cm³/mol. The molecule has 2 aliphatic heterocycles. The van der Waals surface area contributed by atoms with Crippen LogP contribution in [0.3, 0.4) is 0 Å². The lowest BCUT2D eigenvalue weighted by Crippen LogP contribution is -2.54. The van der Waals surface area contributed by atoms with E-state index in [9.17, 15) is 28.8 Å². The Bertz CT molecular complexity index is 1040. The molecule has 1 atom stereocenters. The number of nitrogens with zero attached hydrogens (tertiary/aromatic N) is 1. The summed E-state index contributed by atoms with van der Waals surface area (Å²) in [6.45, 7) is 2.95. The van der Waals surface area contributed by atoms with Crippen molar-refractivity contribution in [3.63, 3.8) is 0 Å². The Kier molecular flexibility index (Phi) is 9.54. The molecular formula is C25H33N5O6. The van der Waals surface area contributed by atoms with Crippen LogP contribution < -0.4 is 21.3 Å². The topological polar surface area (TPSA) is 154 Å². The number of carbonyl (C=O) groups is 6. The molecule has 0 radical (unpaired) electrons. The molecule has 0 aliphatic carbocycles. The van der Waals surface area contributed by atoms with E-state index in [1.807, 2.05) is 6.92 Å². The van der Waals surface area contributed by atoms with E-state index in [0.29, 0.717) is 25.2 Å². The van der Waals surface area contributed by atoms with Gasteiger partial charge in [-0.1, -0.05) is 25.3 Å². The summed E-state index contributed by atoms with van der Waals surface area (Å²) in [5.41, 5.74) is 1.05. The van der Waals surface area contributed by atoms with Crippen molar-refractivity contribution in [2.45, 2.75) is 64.3 Å². The van der Waals surface area contributed by atoms with Crippen molar-refractivity contribution in [3.05, 3.63) is 29.3 Å². The highest BCUT2D eigenvalue weighted by Gasteiger charge is 2.45. The quantitative estimate of drug-likeness (QED) is 0.234. The smallest absolute Gasteiger partial charge is 0.264 e. The van der Waals surface area contributed by atoms with Crippen molar-refractivity contribution in [1.29, 1.82) is 0 Å². The summed E-state index contributed by atoms with van der Waals surface area (Å²) in [6, 6.07) is 4.01. The minimum atomic E-state index is -0.987. The number of carbonyl (C=O) groups excluding carboxylic acids is 6. The Morgan fingerprint density at radius 1 is 0.972 bits per heavy atom. The van der Waals surface area contributed by atoms with E-state index < -0.39 is 29.7 Å². The number of fused-ring (bicyclic) bond motifs is 1. The van der Waals surface area contributed by atoms with Crippen molar-refractivity contribution in [2.24, 2.45) is 0 Å². The molecule has 1 aromatic carbocycles. The van der Waals surface area contributed by atoms with Gasteiger partial charge < -0.3 is 16.0 Å². The molecule has 4 N–H and O–H groups in total. The fourth-order valence-corrected chi connectivity index (χ4v) is 4.35. The van der Waals surface area contributed by atoms with Crippen molar-refractivity contribution >= 4 is 41.1 Å². The highest BCUT2D eigenvalue weighted by atomic mass is 16.2. The third kappa shape index (κ3) is 6.67. The molecule has 6 amide bonds. The van der Waals surface area contributed by atoms with Crippen LogP contribution in [0.1, 0.15) is 79.0 Å². The molecule has 1 fully saturated rings. The first-order chi connectivity index (χ1) is 17.3. The lowest BCUT2D eigenvalue weighted by atomic mass is 10.0. The fourth-order valence-electron chi connectivity index (χ4n) is 4.35. The number of imide groups is 2. The van der Waals surface area contributed by atoms with Gasteiger partial charge in [-0.05, 0) is 38.3 Å². The van der Waals surface area contributed by atoms with Gasteiger partial charge in [-0.15, -0.1) is 0 Å². The molecule has 1 unspecified atom stereocenters. The monoisotopic (exact) mass is 499 g/mol. The average Bonchev–Trinajstić information content (AvgIpc) is 3.10. The van der Waals surface area contributed by atoms with Crippen LogP contribution in [0, 0.1) is 0 Å². The second-order valence-electron chi connectivity index (χ2n) is 8.85. The number of amides is 6. The van der Waals surface area contributed by atoms with Crippen LogP contribution in [0.2, 0.25) is 0 Å². The number of piperidine rings is 1. The van der Waals surface area contributed by atoms with Gasteiger partial charge >= 0.3 is 0 Å². The Labute approximate surface area is 209 Å². The highest BCUT2D eigenvalue weighted by Crippen LogP contribution is 2.32. The molecule has 0 spiro atoms. The average molecular weight is 500 g/mol. The summed E-state index contributed by atoms with van der Waals surface area (Å²) in [5.74, 6) is -2.42. The number of likely N-dealkylation sites (N-methyl/N-ethyl adjacent to an activating group) is 1. The fraction of sp³-hybridized carbons (Fsp3) is 0.520. The molecule has 11 heteroatoms. The van der Waals surface area contributed by atoms with E-state index in [2.05, 4.69) is 21.3 Å². The van der Waals surface area contributed by atoms with Crippen LogP contribution in [-0.4, -0.2) is 66.0 Å². The van der Waals surface area contributed by atoms with Gasteiger partial charge in [0.25, 0.3) is 11.8 Å². The summed E-state index contributed by atoms with van der Waals surface area (Å²) >= 11 is 0. The normalized spacial score (nSPS) is 17.0. The van der Waals surface area contributed by atoms with Gasteiger partial charge in [0.05, 0.1) is 17.7 Å². The molecule has 2 heterocycles. The summed E-state index contributed by atoms with van der Waals surface area (Å²) in [5, 5.41) is 10.6. The molecule has 1 saturated heterocycles. The Morgan fingerprint density at radius 3 is 2.47 bits per heavy atom. The van der Waals surface area contributed by atoms with Crippen molar-refractivity contribution < 1.29 is 28.8 Å². The SMILES string of the molecule is CCNC(=O)CNC(=O)CCCCCCCNc1cccc2c1C(=O)N(C1CCC(=O)NC1=O)C2=O. The number of hydrogen-bond donors (Lipinski definition) is 4. The van der Waals surface area contributed by atoms with Crippen LogP contribution in [-0.2, 0) is 19.2 Å². The number of hydrogen-bond acceptors (Lipinski definition) is 7. The second-order valence-corrected chi connectivity index (χ2v) is 8.85. The van der Waals surface area contributed by atoms with Gasteiger partial charge in [0, 0.05) is 31.6 Å². The van der Waals surface area contributed by atoms with Gasteiger partial charge in [-0.25, -0.2) is 0 Å². The Morgan fingerprint density at radius 2 is 1.72 bits per heavy atom. The summed E-state index contributed by atoms with van der Waals surface area (Å²) in [6.07, 6.45) is 4.93. The molecule has 1 aromatic rings. The molecule has 0 bridgehead atoms. The Hall–Kier alpha value is -3.76. The molecule has 2 aliphatic rings. The summed E-state index contributed by atoms with van der Waals surface area (Å²) in [4.78, 5) is 73.7. The minimum absolute atomic E-state index is 0.000911. The number of nitrogens with one attached hydrogen (secondary N) is 4. The van der Waals surface area contributed by atoms with Crippen LogP contribution in [0.25, 0.3) is 0 Å². The molecule has 11 nitrogen and oxygen atoms in total. The maximum atomic E-state index is 13.1. The van der Waals surface area contributed by atoms with E-state index in [1.54, 1.807) is 18.2 Å². The summed E-state index contributed by atoms with van der Waals surface area (Å²) < 4.78 is 0. The maximum absolute atomic E-state index is 13.1. The number of rotatable bonds is 13. The van der Waals surface area contributed by atoms with Crippen LogP contribution >= 0.6 is 0 Å². The van der Waals surface area contributed by atoms with Gasteiger partial charge in [-0.2, -0.15) is 0 Å². The molecule has 194 valence electrons. The zero-order chi connectivity index (χ0) is 26.1. The van der Waals surface area contributed by atoms with Crippen molar-refractivity contribution in [2.75, 3.05) is 25.0 Å². The molecule has 3 rings (SSSR count). The zero-order valence-electron chi connectivity index (χ0n) is 20.5. The predicted octanol–water partition coefficient (Wildman–Crippen LogP) is 1.09. The standard InChI is InChI=1S/C25H33N5O6/c1-2-26-21(33)15-28-19(31)11-6-4-3-5-7-14-27-17-10-8-9-16-22(17)25(36)30(24(16)35)18-12-13-20(32)29-23(18)34/h8-10,18,27H,2-7,11-15H2,1H3,(H,26,33)(H,28,31)(H,29,32,34). The number of unbranched alkanes of at least 4 members (excludes halogenated alkanes) is 4.